The first kappa shape index (κ1) is 17.6. The molecule has 2 aromatic carbocycles. The fraction of sp³-hybridized carbons (Fsp3) is 0.381. The van der Waals surface area contributed by atoms with E-state index in [1.165, 1.54) is 28.8 Å². The highest BCUT2D eigenvalue weighted by Crippen LogP contribution is 2.25. The normalized spacial score (nSPS) is 16.3. The molecule has 0 heterocycles. The Balaban J connectivity index is 1.84. The molecule has 3 nitrogen and oxygen atoms in total. The van der Waals surface area contributed by atoms with Crippen LogP contribution in [0.3, 0.4) is 0 Å². The SMILES string of the molecule is Cc1ccc(C)c([C@@H](C)N[C@@H](C(=O)NC2CC2)c2ccc(F)cc2)c1. The number of benzene rings is 2. The lowest BCUT2D eigenvalue weighted by atomic mass is 9.97. The molecule has 0 radical (unpaired) electrons. The van der Waals surface area contributed by atoms with Crippen molar-refractivity contribution in [2.75, 3.05) is 0 Å². The van der Waals surface area contributed by atoms with Crippen LogP contribution in [0.25, 0.3) is 0 Å². The van der Waals surface area contributed by atoms with Crippen LogP contribution in [-0.4, -0.2) is 11.9 Å². The van der Waals surface area contributed by atoms with Gasteiger partial charge in [0.05, 0.1) is 0 Å². The van der Waals surface area contributed by atoms with E-state index in [-0.39, 0.29) is 23.8 Å². The topological polar surface area (TPSA) is 41.1 Å². The van der Waals surface area contributed by atoms with Gasteiger partial charge in [-0.15, -0.1) is 0 Å². The summed E-state index contributed by atoms with van der Waals surface area (Å²) < 4.78 is 13.3. The summed E-state index contributed by atoms with van der Waals surface area (Å²) in [5.41, 5.74) is 4.32. The maximum Gasteiger partial charge on any atom is 0.241 e. The Morgan fingerprint density at radius 3 is 2.44 bits per heavy atom. The lowest BCUT2D eigenvalue weighted by Gasteiger charge is -2.25. The monoisotopic (exact) mass is 340 g/mol. The number of carbonyl (C=O) groups is 1. The predicted octanol–water partition coefficient (Wildman–Crippen LogP) is 4.11. The standard InChI is InChI=1S/C21H25FN2O/c1-13-4-5-14(2)19(12-13)15(3)23-20(21(25)24-18-10-11-18)16-6-8-17(22)9-7-16/h4-9,12,15,18,20,23H,10-11H2,1-3H3,(H,24,25)/t15-,20-/m1/s1. The van der Waals surface area contributed by atoms with E-state index in [2.05, 4.69) is 49.6 Å². The maximum absolute atomic E-state index is 13.3. The van der Waals surface area contributed by atoms with Crippen molar-refractivity contribution < 1.29 is 9.18 Å². The Hall–Kier alpha value is -2.20. The van der Waals surface area contributed by atoms with Gasteiger partial charge < -0.3 is 5.32 Å². The molecule has 0 bridgehead atoms. The Labute approximate surface area is 148 Å². The summed E-state index contributed by atoms with van der Waals surface area (Å²) in [4.78, 5) is 12.7. The lowest BCUT2D eigenvalue weighted by molar-refractivity contribution is -0.123. The largest absolute Gasteiger partial charge is 0.352 e. The molecule has 2 N–H and O–H groups in total. The third kappa shape index (κ3) is 4.45. The number of aryl methyl sites for hydroxylation is 2. The molecule has 132 valence electrons. The second-order valence-electron chi connectivity index (χ2n) is 7.02. The predicted molar refractivity (Wildman–Crippen MR) is 97.8 cm³/mol. The fourth-order valence-electron chi connectivity index (χ4n) is 3.06. The van der Waals surface area contributed by atoms with Crippen molar-refractivity contribution in [3.63, 3.8) is 0 Å². The Morgan fingerprint density at radius 1 is 1.12 bits per heavy atom. The average Bonchev–Trinajstić information content (AvgIpc) is 3.39. The number of amides is 1. The van der Waals surface area contributed by atoms with Gasteiger partial charge in [0.2, 0.25) is 5.91 Å². The van der Waals surface area contributed by atoms with Crippen LogP contribution in [0.1, 0.15) is 54.1 Å². The van der Waals surface area contributed by atoms with Gasteiger partial charge in [-0.2, -0.15) is 0 Å². The minimum atomic E-state index is -0.504. The summed E-state index contributed by atoms with van der Waals surface area (Å²) in [6, 6.07) is 12.3. The number of nitrogens with one attached hydrogen (secondary N) is 2. The number of hydrogen-bond acceptors (Lipinski definition) is 2. The minimum absolute atomic E-state index is 0.0000869. The van der Waals surface area contributed by atoms with Crippen LogP contribution in [0.2, 0.25) is 0 Å². The molecule has 0 aromatic heterocycles. The zero-order chi connectivity index (χ0) is 18.0. The van der Waals surface area contributed by atoms with E-state index in [0.29, 0.717) is 0 Å². The lowest BCUT2D eigenvalue weighted by Crippen LogP contribution is -2.39. The Kier molecular flexibility index (Phi) is 5.19. The average molecular weight is 340 g/mol. The van der Waals surface area contributed by atoms with Crippen LogP contribution in [-0.2, 0) is 4.79 Å². The first-order valence-electron chi connectivity index (χ1n) is 8.83. The molecule has 4 heteroatoms. The van der Waals surface area contributed by atoms with E-state index in [1.807, 2.05) is 0 Å². The maximum atomic E-state index is 13.3. The molecule has 3 rings (SSSR count). The number of halogens is 1. The molecule has 1 aliphatic rings. The van der Waals surface area contributed by atoms with Gasteiger partial charge in [-0.3, -0.25) is 10.1 Å². The summed E-state index contributed by atoms with van der Waals surface area (Å²) in [5, 5.41) is 6.49. The molecule has 0 aliphatic heterocycles. The summed E-state index contributed by atoms with van der Waals surface area (Å²) in [6.07, 6.45) is 2.07. The molecular formula is C21H25FN2O. The third-order valence-electron chi connectivity index (χ3n) is 4.71. The Morgan fingerprint density at radius 2 is 1.80 bits per heavy atom. The van der Waals surface area contributed by atoms with Crippen molar-refractivity contribution in [2.45, 2.75) is 51.7 Å². The summed E-state index contributed by atoms with van der Waals surface area (Å²) >= 11 is 0. The second kappa shape index (κ2) is 7.36. The summed E-state index contributed by atoms with van der Waals surface area (Å²) in [6.45, 7) is 6.19. The van der Waals surface area contributed by atoms with E-state index < -0.39 is 6.04 Å². The molecular weight excluding hydrogens is 315 g/mol. The molecule has 2 aromatic rings. The number of hydrogen-bond donors (Lipinski definition) is 2. The number of rotatable bonds is 6. The van der Waals surface area contributed by atoms with Crippen molar-refractivity contribution in [2.24, 2.45) is 0 Å². The summed E-state index contributed by atoms with van der Waals surface area (Å²) in [7, 11) is 0. The van der Waals surface area contributed by atoms with E-state index in [9.17, 15) is 9.18 Å². The van der Waals surface area contributed by atoms with Crippen molar-refractivity contribution in [3.8, 4) is 0 Å². The van der Waals surface area contributed by atoms with Crippen LogP contribution in [0.15, 0.2) is 42.5 Å². The third-order valence-corrected chi connectivity index (χ3v) is 4.71. The van der Waals surface area contributed by atoms with E-state index in [4.69, 9.17) is 0 Å². The quantitative estimate of drug-likeness (QED) is 0.831. The van der Waals surface area contributed by atoms with Crippen molar-refractivity contribution in [1.29, 1.82) is 0 Å². The first-order valence-corrected chi connectivity index (χ1v) is 8.83. The van der Waals surface area contributed by atoms with Crippen LogP contribution in [0.5, 0.6) is 0 Å². The van der Waals surface area contributed by atoms with Crippen LogP contribution in [0, 0.1) is 19.7 Å². The smallest absolute Gasteiger partial charge is 0.241 e. The van der Waals surface area contributed by atoms with Crippen molar-refractivity contribution >= 4 is 5.91 Å². The molecule has 25 heavy (non-hydrogen) atoms. The van der Waals surface area contributed by atoms with Crippen LogP contribution < -0.4 is 10.6 Å². The highest BCUT2D eigenvalue weighted by molar-refractivity contribution is 5.83. The van der Waals surface area contributed by atoms with E-state index in [0.717, 1.165) is 18.4 Å². The van der Waals surface area contributed by atoms with Gasteiger partial charge in [0, 0.05) is 12.1 Å². The summed E-state index contributed by atoms with van der Waals surface area (Å²) in [5.74, 6) is -0.348. The highest BCUT2D eigenvalue weighted by Gasteiger charge is 2.29. The first-order chi connectivity index (χ1) is 11.9. The fourth-order valence-corrected chi connectivity index (χ4v) is 3.06. The van der Waals surface area contributed by atoms with Gasteiger partial charge in [-0.05, 0) is 62.4 Å². The zero-order valence-corrected chi connectivity index (χ0v) is 15.0. The van der Waals surface area contributed by atoms with E-state index >= 15 is 0 Å². The van der Waals surface area contributed by atoms with Crippen molar-refractivity contribution in [1.82, 2.24) is 10.6 Å². The van der Waals surface area contributed by atoms with Crippen molar-refractivity contribution in [3.05, 3.63) is 70.5 Å². The molecule has 0 unspecified atom stereocenters. The van der Waals surface area contributed by atoms with E-state index in [1.54, 1.807) is 12.1 Å². The molecule has 0 saturated heterocycles. The second-order valence-corrected chi connectivity index (χ2v) is 7.02. The van der Waals surface area contributed by atoms with Gasteiger partial charge in [-0.25, -0.2) is 4.39 Å². The molecule has 1 fully saturated rings. The van der Waals surface area contributed by atoms with Gasteiger partial charge in [0.25, 0.3) is 0 Å². The molecule has 2 atom stereocenters. The zero-order valence-electron chi connectivity index (χ0n) is 15.0. The molecule has 1 amide bonds. The van der Waals surface area contributed by atoms with Gasteiger partial charge in [0.1, 0.15) is 11.9 Å². The van der Waals surface area contributed by atoms with Gasteiger partial charge >= 0.3 is 0 Å². The molecule has 1 aliphatic carbocycles. The minimum Gasteiger partial charge on any atom is -0.352 e. The Bertz CT molecular complexity index is 753. The highest BCUT2D eigenvalue weighted by atomic mass is 19.1. The van der Waals surface area contributed by atoms with Gasteiger partial charge in [-0.1, -0.05) is 35.9 Å². The molecule has 1 saturated carbocycles. The van der Waals surface area contributed by atoms with Crippen LogP contribution >= 0.6 is 0 Å². The number of carbonyl (C=O) groups excluding carboxylic acids is 1. The van der Waals surface area contributed by atoms with Crippen LogP contribution in [0.4, 0.5) is 4.39 Å². The molecule has 0 spiro atoms. The van der Waals surface area contributed by atoms with Gasteiger partial charge in [0.15, 0.2) is 0 Å².